The van der Waals surface area contributed by atoms with Crippen LogP contribution in [0.25, 0.3) is 0 Å². The second-order valence-corrected chi connectivity index (χ2v) is 3.42. The minimum absolute atomic E-state index is 0.319. The summed E-state index contributed by atoms with van der Waals surface area (Å²) in [4.78, 5) is 0. The van der Waals surface area contributed by atoms with Gasteiger partial charge in [-0.3, -0.25) is 0 Å². The van der Waals surface area contributed by atoms with E-state index in [-0.39, 0.29) is 0 Å². The average molecular weight is 195 g/mol. The molecule has 0 saturated heterocycles. The maximum atomic E-state index is 9.57. The monoisotopic (exact) mass is 194 g/mol. The summed E-state index contributed by atoms with van der Waals surface area (Å²) in [6, 6.07) is 5.46. The molecule has 1 aromatic carbocycles. The summed E-state index contributed by atoms with van der Waals surface area (Å²) in [6.45, 7) is 1.93. The van der Waals surface area contributed by atoms with Crippen LogP contribution in [-0.4, -0.2) is 5.11 Å². The van der Waals surface area contributed by atoms with Gasteiger partial charge in [0.05, 0.1) is 6.10 Å². The highest BCUT2D eigenvalue weighted by Gasteiger charge is 2.06. The number of benzene rings is 1. The lowest BCUT2D eigenvalue weighted by molar-refractivity contribution is 0.184. The quantitative estimate of drug-likeness (QED) is 0.718. The Morgan fingerprint density at radius 1 is 1.54 bits per heavy atom. The summed E-state index contributed by atoms with van der Waals surface area (Å²) in [5.41, 5.74) is 1.81. The first-order chi connectivity index (χ1) is 6.13. The molecule has 0 saturated carbocycles. The zero-order valence-electron chi connectivity index (χ0n) is 7.42. The molecule has 1 rings (SSSR count). The largest absolute Gasteiger partial charge is 0.387 e. The molecule has 0 aliphatic heterocycles. The first kappa shape index (κ1) is 10.1. The van der Waals surface area contributed by atoms with Crippen molar-refractivity contribution in [3.63, 3.8) is 0 Å². The lowest BCUT2D eigenvalue weighted by Gasteiger charge is -2.08. The molecule has 0 bridgehead atoms. The molecule has 0 fully saturated rings. The molecule has 1 nitrogen and oxygen atoms in total. The Morgan fingerprint density at radius 3 is 2.77 bits per heavy atom. The van der Waals surface area contributed by atoms with E-state index in [9.17, 15) is 5.11 Å². The Hall–Kier alpha value is -0.970. The third kappa shape index (κ3) is 2.77. The molecule has 0 amide bonds. The Morgan fingerprint density at radius 2 is 2.23 bits per heavy atom. The van der Waals surface area contributed by atoms with E-state index in [1.54, 1.807) is 6.07 Å². The van der Waals surface area contributed by atoms with Gasteiger partial charge in [0.15, 0.2) is 0 Å². The van der Waals surface area contributed by atoms with Crippen LogP contribution >= 0.6 is 11.6 Å². The smallest absolute Gasteiger partial charge is 0.0899 e. The minimum atomic E-state index is -0.609. The van der Waals surface area contributed by atoms with Crippen LogP contribution in [0.5, 0.6) is 0 Å². The van der Waals surface area contributed by atoms with Gasteiger partial charge in [-0.05, 0) is 30.2 Å². The average Bonchev–Trinajstić information content (AvgIpc) is 2.03. The molecule has 1 atom stereocenters. The Labute approximate surface area is 83.4 Å². The summed E-state index contributed by atoms with van der Waals surface area (Å²) in [5, 5.41) is 10.2. The first-order valence-electron chi connectivity index (χ1n) is 4.02. The molecule has 1 unspecified atom stereocenters. The van der Waals surface area contributed by atoms with Crippen molar-refractivity contribution in [3.05, 3.63) is 34.3 Å². The van der Waals surface area contributed by atoms with E-state index < -0.39 is 6.10 Å². The fourth-order valence-corrected chi connectivity index (χ4v) is 1.48. The Balaban J connectivity index is 2.95. The lowest BCUT2D eigenvalue weighted by Crippen LogP contribution is -1.96. The molecular weight excluding hydrogens is 184 g/mol. The van der Waals surface area contributed by atoms with Gasteiger partial charge >= 0.3 is 0 Å². The van der Waals surface area contributed by atoms with Crippen LogP contribution < -0.4 is 0 Å². The van der Waals surface area contributed by atoms with Crippen LogP contribution in [0.3, 0.4) is 0 Å². The van der Waals surface area contributed by atoms with Gasteiger partial charge in [0, 0.05) is 11.4 Å². The van der Waals surface area contributed by atoms with E-state index in [1.807, 2.05) is 19.1 Å². The van der Waals surface area contributed by atoms with E-state index in [4.69, 9.17) is 18.0 Å². The van der Waals surface area contributed by atoms with E-state index in [0.717, 1.165) is 11.1 Å². The molecule has 0 radical (unpaired) electrons. The number of rotatable bonds is 2. The van der Waals surface area contributed by atoms with Gasteiger partial charge in [-0.25, -0.2) is 0 Å². The van der Waals surface area contributed by atoms with Crippen molar-refractivity contribution in [2.24, 2.45) is 0 Å². The number of hydrogen-bond donors (Lipinski definition) is 1. The maximum absolute atomic E-state index is 9.57. The van der Waals surface area contributed by atoms with E-state index in [2.05, 4.69) is 5.92 Å². The van der Waals surface area contributed by atoms with Crippen molar-refractivity contribution in [1.29, 1.82) is 0 Å². The SMILES string of the molecule is C#CCC(O)c1cc(C)cc(Cl)c1. The normalized spacial score (nSPS) is 12.2. The Bertz CT molecular complexity index is 318. The van der Waals surface area contributed by atoms with Crippen LogP contribution in [0.4, 0.5) is 0 Å². The molecule has 68 valence electrons. The number of halogens is 1. The topological polar surface area (TPSA) is 20.2 Å². The van der Waals surface area contributed by atoms with Gasteiger partial charge in [-0.1, -0.05) is 17.7 Å². The fraction of sp³-hybridized carbons (Fsp3) is 0.273. The molecule has 0 aliphatic rings. The lowest BCUT2D eigenvalue weighted by atomic mass is 10.0. The zero-order valence-corrected chi connectivity index (χ0v) is 8.17. The molecular formula is C11H11ClO. The molecule has 1 aromatic rings. The highest BCUT2D eigenvalue weighted by atomic mass is 35.5. The molecule has 0 spiro atoms. The van der Waals surface area contributed by atoms with Gasteiger partial charge < -0.3 is 5.11 Å². The molecule has 1 N–H and O–H groups in total. The summed E-state index contributed by atoms with van der Waals surface area (Å²) in [5.74, 6) is 2.41. The van der Waals surface area contributed by atoms with Crippen LogP contribution in [0, 0.1) is 19.3 Å². The van der Waals surface area contributed by atoms with Gasteiger partial charge in [0.1, 0.15) is 0 Å². The number of hydrogen-bond acceptors (Lipinski definition) is 1. The van der Waals surface area contributed by atoms with Crippen LogP contribution in [0.15, 0.2) is 18.2 Å². The highest BCUT2D eigenvalue weighted by Crippen LogP contribution is 2.21. The molecule has 0 aliphatic carbocycles. The third-order valence-corrected chi connectivity index (χ3v) is 1.98. The summed E-state index contributed by atoms with van der Waals surface area (Å²) in [6.07, 6.45) is 4.81. The number of aliphatic hydroxyl groups is 1. The van der Waals surface area contributed by atoms with Gasteiger partial charge in [-0.2, -0.15) is 0 Å². The second kappa shape index (κ2) is 4.32. The first-order valence-corrected chi connectivity index (χ1v) is 4.40. The van der Waals surface area contributed by atoms with Crippen molar-refractivity contribution < 1.29 is 5.11 Å². The maximum Gasteiger partial charge on any atom is 0.0899 e. The minimum Gasteiger partial charge on any atom is -0.387 e. The van der Waals surface area contributed by atoms with E-state index in [1.165, 1.54) is 0 Å². The van der Waals surface area contributed by atoms with Crippen molar-refractivity contribution in [1.82, 2.24) is 0 Å². The predicted octanol–water partition coefficient (Wildman–Crippen LogP) is 2.71. The predicted molar refractivity (Wildman–Crippen MR) is 54.6 cm³/mol. The van der Waals surface area contributed by atoms with Gasteiger partial charge in [-0.15, -0.1) is 12.3 Å². The zero-order chi connectivity index (χ0) is 9.84. The molecule has 0 heterocycles. The standard InChI is InChI=1S/C11H11ClO/c1-3-4-11(13)9-5-8(2)6-10(12)7-9/h1,5-7,11,13H,4H2,2H3. The number of aryl methyl sites for hydroxylation is 1. The van der Waals surface area contributed by atoms with Crippen molar-refractivity contribution in [2.45, 2.75) is 19.4 Å². The van der Waals surface area contributed by atoms with Crippen molar-refractivity contribution >= 4 is 11.6 Å². The van der Waals surface area contributed by atoms with Crippen LogP contribution in [0.1, 0.15) is 23.7 Å². The third-order valence-electron chi connectivity index (χ3n) is 1.76. The summed E-state index contributed by atoms with van der Waals surface area (Å²) in [7, 11) is 0. The van der Waals surface area contributed by atoms with Crippen molar-refractivity contribution in [2.75, 3.05) is 0 Å². The fourth-order valence-electron chi connectivity index (χ4n) is 1.19. The summed E-state index contributed by atoms with van der Waals surface area (Å²) >= 11 is 5.83. The molecule has 0 aromatic heterocycles. The summed E-state index contributed by atoms with van der Waals surface area (Å²) < 4.78 is 0. The molecule has 13 heavy (non-hydrogen) atoms. The van der Waals surface area contributed by atoms with Crippen molar-refractivity contribution in [3.8, 4) is 12.3 Å². The van der Waals surface area contributed by atoms with E-state index in [0.29, 0.717) is 11.4 Å². The second-order valence-electron chi connectivity index (χ2n) is 2.99. The Kier molecular flexibility index (Phi) is 3.36. The van der Waals surface area contributed by atoms with Gasteiger partial charge in [0.25, 0.3) is 0 Å². The van der Waals surface area contributed by atoms with E-state index >= 15 is 0 Å². The van der Waals surface area contributed by atoms with Gasteiger partial charge in [0.2, 0.25) is 0 Å². The number of terminal acetylenes is 1. The number of aliphatic hydroxyl groups excluding tert-OH is 1. The van der Waals surface area contributed by atoms with Crippen LogP contribution in [0.2, 0.25) is 5.02 Å². The highest BCUT2D eigenvalue weighted by molar-refractivity contribution is 6.30. The molecule has 2 heteroatoms. The van der Waals surface area contributed by atoms with Crippen LogP contribution in [-0.2, 0) is 0 Å².